The molecule has 8 heteroatoms. The second kappa shape index (κ2) is 39.3. The number of ether oxygens (including phenoxy) is 3. The van der Waals surface area contributed by atoms with E-state index in [9.17, 15) is 9.59 Å². The molecule has 0 aromatic carbocycles. The molecular formula is C46H87N3O5. The van der Waals surface area contributed by atoms with Crippen LogP contribution in [0.4, 0.5) is 0 Å². The van der Waals surface area contributed by atoms with E-state index in [-0.39, 0.29) is 11.9 Å². The minimum atomic E-state index is -0.213. The van der Waals surface area contributed by atoms with E-state index in [2.05, 4.69) is 28.3 Å². The summed E-state index contributed by atoms with van der Waals surface area (Å²) in [5.41, 5.74) is 0. The lowest BCUT2D eigenvalue weighted by molar-refractivity contribution is -0.145. The third-order valence-corrected chi connectivity index (χ3v) is 10.7. The van der Waals surface area contributed by atoms with E-state index in [1.165, 1.54) is 154 Å². The van der Waals surface area contributed by atoms with Crippen LogP contribution in [0.5, 0.6) is 0 Å². The van der Waals surface area contributed by atoms with Crippen LogP contribution in [0.1, 0.15) is 212 Å². The fraction of sp³-hybridized carbons (Fsp3) is 0.891. The number of hydrogen-bond acceptors (Lipinski definition) is 7. The Labute approximate surface area is 333 Å². The Balaban J connectivity index is 2.10. The van der Waals surface area contributed by atoms with Crippen LogP contribution in [0.15, 0.2) is 12.4 Å². The number of imidazole rings is 1. The van der Waals surface area contributed by atoms with Crippen LogP contribution >= 0.6 is 0 Å². The van der Waals surface area contributed by atoms with Gasteiger partial charge in [0.05, 0.1) is 26.1 Å². The zero-order chi connectivity index (χ0) is 39.0. The summed E-state index contributed by atoms with van der Waals surface area (Å²) in [5, 5.41) is 0. The van der Waals surface area contributed by atoms with Crippen LogP contribution in [0, 0.1) is 6.92 Å². The molecule has 1 rings (SSSR count). The molecule has 0 saturated carbocycles. The molecule has 0 saturated heterocycles. The predicted octanol–water partition coefficient (Wildman–Crippen LogP) is 12.3. The van der Waals surface area contributed by atoms with E-state index >= 15 is 0 Å². The monoisotopic (exact) mass is 762 g/mol. The van der Waals surface area contributed by atoms with E-state index in [1.807, 2.05) is 19.3 Å². The van der Waals surface area contributed by atoms with Crippen molar-refractivity contribution in [1.29, 1.82) is 0 Å². The van der Waals surface area contributed by atoms with Crippen molar-refractivity contribution in [2.75, 3.05) is 46.1 Å². The van der Waals surface area contributed by atoms with Crippen LogP contribution in [-0.4, -0.2) is 72.5 Å². The first kappa shape index (κ1) is 50.1. The minimum absolute atomic E-state index is 0.149. The number of nitrogens with zero attached hydrogens (tertiary/aromatic N) is 3. The summed E-state index contributed by atoms with van der Waals surface area (Å²) in [6.45, 7) is 11.3. The molecule has 1 heterocycles. The minimum Gasteiger partial charge on any atom is -0.466 e. The van der Waals surface area contributed by atoms with Gasteiger partial charge in [-0.2, -0.15) is 0 Å². The van der Waals surface area contributed by atoms with Crippen LogP contribution in [0.3, 0.4) is 0 Å². The lowest BCUT2D eigenvalue weighted by Crippen LogP contribution is -2.31. The molecule has 0 fully saturated rings. The number of aryl methyl sites for hydroxylation is 2. The predicted molar refractivity (Wildman–Crippen MR) is 226 cm³/mol. The first-order chi connectivity index (χ1) is 26.6. The normalized spacial score (nSPS) is 11.5. The maximum Gasteiger partial charge on any atom is 0.307 e. The Kier molecular flexibility index (Phi) is 36.5. The SMILES string of the molecule is CCCCCCCCCCCCCCCCCOC(=O)CCN(CCCn1ccnc1C)CCC(=O)OCCOCCCCCCCCCCCCCC. The van der Waals surface area contributed by atoms with Gasteiger partial charge in [0.15, 0.2) is 0 Å². The van der Waals surface area contributed by atoms with Gasteiger partial charge in [-0.15, -0.1) is 0 Å². The molecule has 8 nitrogen and oxygen atoms in total. The molecule has 0 radical (unpaired) electrons. The van der Waals surface area contributed by atoms with Crippen molar-refractivity contribution in [2.24, 2.45) is 0 Å². The van der Waals surface area contributed by atoms with Gasteiger partial charge in [-0.1, -0.05) is 174 Å². The smallest absolute Gasteiger partial charge is 0.307 e. The van der Waals surface area contributed by atoms with Crippen LogP contribution in [0.2, 0.25) is 0 Å². The quantitative estimate of drug-likeness (QED) is 0.0484. The lowest BCUT2D eigenvalue weighted by atomic mass is 10.0. The Morgan fingerprint density at radius 2 is 0.926 bits per heavy atom. The Hall–Kier alpha value is -1.93. The molecule has 0 bridgehead atoms. The molecule has 0 aliphatic heterocycles. The molecule has 54 heavy (non-hydrogen) atoms. The van der Waals surface area contributed by atoms with Crippen molar-refractivity contribution in [2.45, 2.75) is 220 Å². The van der Waals surface area contributed by atoms with Crippen molar-refractivity contribution < 1.29 is 23.8 Å². The fourth-order valence-electron chi connectivity index (χ4n) is 7.10. The van der Waals surface area contributed by atoms with Gasteiger partial charge in [-0.25, -0.2) is 4.98 Å². The molecule has 0 atom stereocenters. The van der Waals surface area contributed by atoms with Crippen molar-refractivity contribution in [1.82, 2.24) is 14.5 Å². The standard InChI is InChI=1S/C46H87N3O5/c1-4-6-8-10-12-14-16-18-19-20-22-24-26-28-30-41-53-45(50)32-37-48(35-31-36-49-39-34-47-44(49)3)38-33-46(51)54-43-42-52-40-29-27-25-23-21-17-15-13-11-9-7-5-2/h34,39H,4-33,35-38,40-43H2,1-3H3. The van der Waals surface area contributed by atoms with E-state index < -0.39 is 0 Å². The summed E-state index contributed by atoms with van der Waals surface area (Å²) >= 11 is 0. The van der Waals surface area contributed by atoms with Gasteiger partial charge in [0.25, 0.3) is 0 Å². The highest BCUT2D eigenvalue weighted by Gasteiger charge is 2.13. The third kappa shape index (κ3) is 33.4. The molecule has 0 amide bonds. The summed E-state index contributed by atoms with van der Waals surface area (Å²) in [7, 11) is 0. The molecule has 0 N–H and O–H groups in total. The van der Waals surface area contributed by atoms with E-state index in [0.717, 1.165) is 51.2 Å². The molecule has 1 aromatic heterocycles. The molecule has 316 valence electrons. The average molecular weight is 762 g/mol. The van der Waals surface area contributed by atoms with Crippen molar-refractivity contribution in [3.63, 3.8) is 0 Å². The number of rotatable bonds is 42. The van der Waals surface area contributed by atoms with E-state index in [4.69, 9.17) is 14.2 Å². The summed E-state index contributed by atoms with van der Waals surface area (Å²) in [4.78, 5) is 31.6. The summed E-state index contributed by atoms with van der Waals surface area (Å²) < 4.78 is 18.9. The van der Waals surface area contributed by atoms with Gasteiger partial charge >= 0.3 is 11.9 Å². The maximum atomic E-state index is 12.5. The van der Waals surface area contributed by atoms with Crippen molar-refractivity contribution in [3.8, 4) is 0 Å². The van der Waals surface area contributed by atoms with E-state index in [1.54, 1.807) is 0 Å². The van der Waals surface area contributed by atoms with Gasteiger partial charge in [0, 0.05) is 38.6 Å². The van der Waals surface area contributed by atoms with Crippen molar-refractivity contribution in [3.05, 3.63) is 18.2 Å². The number of hydrogen-bond donors (Lipinski definition) is 0. The number of unbranched alkanes of at least 4 members (excludes halogenated alkanes) is 25. The number of carbonyl (C=O) groups is 2. The molecule has 0 aliphatic carbocycles. The molecular weight excluding hydrogens is 675 g/mol. The number of esters is 2. The molecule has 1 aromatic rings. The highest BCUT2D eigenvalue weighted by Crippen LogP contribution is 2.14. The summed E-state index contributed by atoms with van der Waals surface area (Å²) in [5.74, 6) is 0.632. The molecule has 0 aliphatic rings. The second-order valence-electron chi connectivity index (χ2n) is 15.8. The third-order valence-electron chi connectivity index (χ3n) is 10.7. The van der Waals surface area contributed by atoms with Crippen LogP contribution in [-0.2, 0) is 30.3 Å². The van der Waals surface area contributed by atoms with E-state index in [0.29, 0.717) is 45.8 Å². The first-order valence-corrected chi connectivity index (χ1v) is 23.2. The van der Waals surface area contributed by atoms with Crippen molar-refractivity contribution >= 4 is 11.9 Å². The first-order valence-electron chi connectivity index (χ1n) is 23.2. The fourth-order valence-corrected chi connectivity index (χ4v) is 7.10. The van der Waals surface area contributed by atoms with Crippen LogP contribution < -0.4 is 0 Å². The zero-order valence-corrected chi connectivity index (χ0v) is 35.9. The molecule has 0 unspecified atom stereocenters. The average Bonchev–Trinajstić information content (AvgIpc) is 3.59. The zero-order valence-electron chi connectivity index (χ0n) is 35.9. The Bertz CT molecular complexity index is 903. The van der Waals surface area contributed by atoms with Gasteiger partial charge in [0.2, 0.25) is 0 Å². The highest BCUT2D eigenvalue weighted by molar-refractivity contribution is 5.70. The Morgan fingerprint density at radius 1 is 0.519 bits per heavy atom. The maximum absolute atomic E-state index is 12.5. The lowest BCUT2D eigenvalue weighted by Gasteiger charge is -2.22. The summed E-state index contributed by atoms with van der Waals surface area (Å²) in [6, 6.07) is 0. The highest BCUT2D eigenvalue weighted by atomic mass is 16.6. The largest absolute Gasteiger partial charge is 0.466 e. The summed E-state index contributed by atoms with van der Waals surface area (Å²) in [6.07, 6.45) is 41.1. The van der Waals surface area contributed by atoms with Gasteiger partial charge in [-0.05, 0) is 32.7 Å². The molecule has 0 spiro atoms. The van der Waals surface area contributed by atoms with Gasteiger partial charge in [-0.3, -0.25) is 9.59 Å². The second-order valence-corrected chi connectivity index (χ2v) is 15.8. The number of carbonyl (C=O) groups excluding carboxylic acids is 2. The Morgan fingerprint density at radius 3 is 1.35 bits per heavy atom. The van der Waals surface area contributed by atoms with Gasteiger partial charge < -0.3 is 23.7 Å². The van der Waals surface area contributed by atoms with Crippen LogP contribution in [0.25, 0.3) is 0 Å². The van der Waals surface area contributed by atoms with Gasteiger partial charge in [0.1, 0.15) is 12.4 Å². The topological polar surface area (TPSA) is 82.9 Å². The number of aromatic nitrogens is 2.